The average molecular weight is 718 g/mol. The molecular formula is C42H44FN3O5Si. The average Bonchev–Trinajstić information content (AvgIpc) is 3.57. The van der Waals surface area contributed by atoms with Crippen LogP contribution < -0.4 is 9.80 Å². The summed E-state index contributed by atoms with van der Waals surface area (Å²) in [5.74, 6) is -1.01. The third-order valence-electron chi connectivity index (χ3n) is 11.7. The van der Waals surface area contributed by atoms with Gasteiger partial charge in [-0.1, -0.05) is 79.7 Å². The van der Waals surface area contributed by atoms with Crippen LogP contribution >= 0.6 is 0 Å². The highest BCUT2D eigenvalue weighted by Gasteiger charge is 2.67. The number of aryl methyl sites for hydroxylation is 1. The van der Waals surface area contributed by atoms with Gasteiger partial charge in [0.2, 0.25) is 20.2 Å². The largest absolute Gasteiger partial charge is 0.394 e. The molecule has 4 aromatic rings. The number of anilines is 3. The van der Waals surface area contributed by atoms with E-state index in [1.807, 2.05) is 104 Å². The molecule has 4 heterocycles. The Bertz CT molecular complexity index is 2070. The van der Waals surface area contributed by atoms with Gasteiger partial charge < -0.3 is 23.8 Å². The third kappa shape index (κ3) is 5.59. The molecule has 5 atom stereocenters. The highest BCUT2D eigenvalue weighted by molar-refractivity contribution is 6.72. The van der Waals surface area contributed by atoms with Crippen molar-refractivity contribution < 1.29 is 28.3 Å². The lowest BCUT2D eigenvalue weighted by molar-refractivity contribution is -0.151. The van der Waals surface area contributed by atoms with Gasteiger partial charge in [-0.3, -0.25) is 19.3 Å². The van der Waals surface area contributed by atoms with Gasteiger partial charge in [0.15, 0.2) is 5.60 Å². The van der Waals surface area contributed by atoms with Crippen LogP contribution in [0.15, 0.2) is 97.1 Å². The van der Waals surface area contributed by atoms with Crippen LogP contribution in [-0.2, 0) is 50.7 Å². The molecule has 0 unspecified atom stereocenters. The van der Waals surface area contributed by atoms with Crippen molar-refractivity contribution in [2.24, 2.45) is 5.92 Å². The number of hydrogen-bond acceptors (Lipinski definition) is 5. The number of benzene rings is 4. The van der Waals surface area contributed by atoms with Gasteiger partial charge in [0.25, 0.3) is 5.91 Å². The van der Waals surface area contributed by atoms with Gasteiger partial charge in [-0.25, -0.2) is 0 Å². The van der Waals surface area contributed by atoms with Crippen molar-refractivity contribution in [1.82, 2.24) is 4.90 Å². The standard InChI is InChI=1S/C42H44FN3O5Si/c1-27-40(52(2,3)43)37(23-39(49)44-25-31-14-5-4-13-30(31)22-33(44)26-47)51-42(27)34-16-7-9-18-36(34)45(41(42)50)24-28-11-10-15-32(21-28)46-35-17-8-6-12-29(35)19-20-38(46)48/h4-18,21,27,33,37,40,47H,19-20,22-26H2,1-3H3/t27-,33-,37+,40-,42+/m0/s1. The fraction of sp³-hybridized carbons (Fsp3) is 0.357. The summed E-state index contributed by atoms with van der Waals surface area (Å²) in [5, 5.41) is 10.3. The first kappa shape index (κ1) is 34.4. The Balaban J connectivity index is 1.10. The lowest BCUT2D eigenvalue weighted by Gasteiger charge is -2.37. The highest BCUT2D eigenvalue weighted by Crippen LogP contribution is 2.60. The van der Waals surface area contributed by atoms with Crippen molar-refractivity contribution in [3.8, 4) is 0 Å². The van der Waals surface area contributed by atoms with Crippen LogP contribution in [0, 0.1) is 5.92 Å². The first-order chi connectivity index (χ1) is 25.0. The van der Waals surface area contributed by atoms with E-state index >= 15 is 4.11 Å². The zero-order chi connectivity index (χ0) is 36.4. The normalized spacial score (nSPS) is 25.4. The van der Waals surface area contributed by atoms with Crippen molar-refractivity contribution in [3.05, 3.63) is 125 Å². The molecule has 0 aromatic heterocycles. The SMILES string of the molecule is C[C@H]1[C@H]([Si](C)(C)F)[C@@H](CC(=O)N2Cc3ccccc3C[C@H]2CO)O[C@]12C(=O)N(Cc1cccc(N3C(=O)CCc4ccccc43)c1)c1ccccc12. The van der Waals surface area contributed by atoms with E-state index in [9.17, 15) is 19.5 Å². The number of carbonyl (C=O) groups excluding carboxylic acids is 3. The Labute approximate surface area is 305 Å². The molecule has 1 spiro atoms. The summed E-state index contributed by atoms with van der Waals surface area (Å²) in [4.78, 5) is 47.5. The number of ether oxygens (including phenoxy) is 1. The number of aliphatic hydroxyl groups excluding tert-OH is 1. The highest BCUT2D eigenvalue weighted by atomic mass is 28.4. The van der Waals surface area contributed by atoms with Crippen LogP contribution in [0.4, 0.5) is 21.2 Å². The molecule has 8 rings (SSSR count). The molecule has 4 aliphatic heterocycles. The number of halogens is 1. The molecule has 0 saturated carbocycles. The zero-order valence-corrected chi connectivity index (χ0v) is 30.8. The Hall–Kier alpha value is -4.64. The molecule has 4 aromatic carbocycles. The van der Waals surface area contributed by atoms with E-state index in [4.69, 9.17) is 4.74 Å². The van der Waals surface area contributed by atoms with E-state index in [2.05, 4.69) is 0 Å². The number of amides is 3. The van der Waals surface area contributed by atoms with Crippen molar-refractivity contribution >= 4 is 43.2 Å². The van der Waals surface area contributed by atoms with Gasteiger partial charge in [-0.05, 0) is 72.5 Å². The van der Waals surface area contributed by atoms with Crippen LogP contribution in [-0.4, -0.2) is 54.9 Å². The predicted octanol–water partition coefficient (Wildman–Crippen LogP) is 6.96. The lowest BCUT2D eigenvalue weighted by atomic mass is 9.82. The number of aliphatic hydroxyl groups is 1. The van der Waals surface area contributed by atoms with Crippen molar-refractivity contribution in [2.75, 3.05) is 16.4 Å². The van der Waals surface area contributed by atoms with E-state index in [1.165, 1.54) is 0 Å². The smallest absolute Gasteiger partial charge is 0.264 e. The van der Waals surface area contributed by atoms with Crippen molar-refractivity contribution in [3.63, 3.8) is 0 Å². The second-order valence-corrected chi connectivity index (χ2v) is 19.0. The number of para-hydroxylation sites is 2. The molecule has 1 saturated heterocycles. The summed E-state index contributed by atoms with van der Waals surface area (Å²) in [6.45, 7) is 5.57. The minimum Gasteiger partial charge on any atom is -0.394 e. The Morgan fingerprint density at radius 1 is 0.904 bits per heavy atom. The topological polar surface area (TPSA) is 90.4 Å². The molecule has 0 bridgehead atoms. The van der Waals surface area contributed by atoms with E-state index in [0.717, 1.165) is 33.6 Å². The summed E-state index contributed by atoms with van der Waals surface area (Å²) >= 11 is 0. The maximum absolute atomic E-state index is 16.5. The van der Waals surface area contributed by atoms with Gasteiger partial charge in [0, 0.05) is 35.7 Å². The molecule has 0 aliphatic carbocycles. The molecule has 52 heavy (non-hydrogen) atoms. The predicted molar refractivity (Wildman–Crippen MR) is 200 cm³/mol. The number of carbonyl (C=O) groups is 3. The van der Waals surface area contributed by atoms with E-state index in [-0.39, 0.29) is 37.3 Å². The molecular weight excluding hydrogens is 674 g/mol. The third-order valence-corrected chi connectivity index (χ3v) is 14.2. The number of nitrogens with zero attached hydrogens (tertiary/aromatic N) is 3. The van der Waals surface area contributed by atoms with Crippen LogP contribution in [0.3, 0.4) is 0 Å². The molecule has 268 valence electrons. The second-order valence-electron chi connectivity index (χ2n) is 15.2. The van der Waals surface area contributed by atoms with Gasteiger partial charge in [0.05, 0.1) is 43.1 Å². The summed E-state index contributed by atoms with van der Waals surface area (Å²) in [7, 11) is -3.51. The van der Waals surface area contributed by atoms with E-state index < -0.39 is 37.6 Å². The summed E-state index contributed by atoms with van der Waals surface area (Å²) in [5.41, 5.74) is 4.98. The van der Waals surface area contributed by atoms with E-state index in [1.54, 1.807) is 27.8 Å². The molecule has 1 N–H and O–H groups in total. The minimum atomic E-state index is -3.51. The van der Waals surface area contributed by atoms with E-state index in [0.29, 0.717) is 37.1 Å². The maximum Gasteiger partial charge on any atom is 0.264 e. The van der Waals surface area contributed by atoms with Crippen LogP contribution in [0.2, 0.25) is 18.6 Å². The summed E-state index contributed by atoms with van der Waals surface area (Å²) < 4.78 is 23.4. The fourth-order valence-corrected chi connectivity index (χ4v) is 11.9. The first-order valence-corrected chi connectivity index (χ1v) is 21.2. The summed E-state index contributed by atoms with van der Waals surface area (Å²) in [6, 6.07) is 30.7. The Morgan fingerprint density at radius 2 is 1.60 bits per heavy atom. The number of hydrogen-bond donors (Lipinski definition) is 1. The minimum absolute atomic E-state index is 0.0225. The van der Waals surface area contributed by atoms with Gasteiger partial charge in [0.1, 0.15) is 0 Å². The first-order valence-electron chi connectivity index (χ1n) is 18.3. The molecule has 10 heteroatoms. The zero-order valence-electron chi connectivity index (χ0n) is 29.8. The number of fused-ring (bicyclic) bond motifs is 4. The number of rotatable bonds is 7. The van der Waals surface area contributed by atoms with Gasteiger partial charge in [-0.15, -0.1) is 0 Å². The Morgan fingerprint density at radius 3 is 2.35 bits per heavy atom. The van der Waals surface area contributed by atoms with Crippen LogP contribution in [0.1, 0.15) is 47.6 Å². The quantitative estimate of drug-likeness (QED) is 0.165. The van der Waals surface area contributed by atoms with Crippen LogP contribution in [0.25, 0.3) is 0 Å². The van der Waals surface area contributed by atoms with Crippen LogP contribution in [0.5, 0.6) is 0 Å². The van der Waals surface area contributed by atoms with Crippen molar-refractivity contribution in [2.45, 2.75) is 82.1 Å². The van der Waals surface area contributed by atoms with Gasteiger partial charge in [-0.2, -0.15) is 0 Å². The monoisotopic (exact) mass is 717 g/mol. The second kappa shape index (κ2) is 13.1. The maximum atomic E-state index is 16.5. The molecule has 0 radical (unpaired) electrons. The fourth-order valence-electron chi connectivity index (χ4n) is 9.38. The van der Waals surface area contributed by atoms with Crippen molar-refractivity contribution in [1.29, 1.82) is 0 Å². The molecule has 3 amide bonds. The molecule has 1 fully saturated rings. The molecule has 4 aliphatic rings. The summed E-state index contributed by atoms with van der Waals surface area (Å²) in [6.07, 6.45) is 0.749. The lowest BCUT2D eigenvalue weighted by Crippen LogP contribution is -2.48. The Kier molecular flexibility index (Phi) is 8.67. The van der Waals surface area contributed by atoms with Gasteiger partial charge >= 0.3 is 0 Å². The molecule has 8 nitrogen and oxygen atoms in total.